The fourth-order valence-corrected chi connectivity index (χ4v) is 2.94. The predicted molar refractivity (Wildman–Crippen MR) is 80.6 cm³/mol. The maximum Gasteiger partial charge on any atom is 0.326 e. The highest BCUT2D eigenvalue weighted by Gasteiger charge is 2.33. The molecule has 1 aromatic rings. The average molecular weight is 281 g/mol. The van der Waals surface area contributed by atoms with Gasteiger partial charge in [0.2, 0.25) is 0 Å². The van der Waals surface area contributed by atoms with Crippen molar-refractivity contribution in [1.29, 1.82) is 0 Å². The van der Waals surface area contributed by atoms with Crippen LogP contribution in [0, 0.1) is 6.92 Å². The Morgan fingerprint density at radius 1 is 1.37 bits per heavy atom. The molecule has 1 aromatic carbocycles. The third kappa shape index (κ3) is 4.55. The van der Waals surface area contributed by atoms with Crippen LogP contribution in [0.3, 0.4) is 0 Å². The number of ether oxygens (including phenoxy) is 1. The first-order valence-corrected chi connectivity index (χ1v) is 7.62. The van der Waals surface area contributed by atoms with Crippen molar-refractivity contribution in [3.05, 3.63) is 29.8 Å². The largest absolute Gasteiger partial charge is 0.465 e. The topological polar surface area (TPSA) is 38.3 Å². The summed E-state index contributed by atoms with van der Waals surface area (Å²) < 4.78 is 5.16. The summed E-state index contributed by atoms with van der Waals surface area (Å²) in [7, 11) is 0. The van der Waals surface area contributed by atoms with Gasteiger partial charge in [0.25, 0.3) is 0 Å². The molecule has 0 aliphatic rings. The summed E-state index contributed by atoms with van der Waals surface area (Å²) in [5.74, 6) is 0.475. The average Bonchev–Trinajstić information content (AvgIpc) is 2.38. The second-order valence-corrected chi connectivity index (χ2v) is 5.65. The van der Waals surface area contributed by atoms with E-state index in [0.717, 1.165) is 6.54 Å². The predicted octanol–water partition coefficient (Wildman–Crippen LogP) is 3.02. The quantitative estimate of drug-likeness (QED) is 0.616. The van der Waals surface area contributed by atoms with Crippen molar-refractivity contribution in [2.75, 3.05) is 18.9 Å². The van der Waals surface area contributed by atoms with Crippen molar-refractivity contribution < 1.29 is 9.53 Å². The molecule has 1 N–H and O–H groups in total. The van der Waals surface area contributed by atoms with Gasteiger partial charge in [0.15, 0.2) is 0 Å². The summed E-state index contributed by atoms with van der Waals surface area (Å²) >= 11 is 1.68. The van der Waals surface area contributed by atoms with Crippen molar-refractivity contribution in [2.24, 2.45) is 0 Å². The van der Waals surface area contributed by atoms with E-state index in [1.807, 2.05) is 32.9 Å². The van der Waals surface area contributed by atoms with E-state index in [0.29, 0.717) is 12.4 Å². The molecule has 0 spiro atoms. The first-order chi connectivity index (χ1) is 9.03. The number of hydrogen-bond donors (Lipinski definition) is 1. The van der Waals surface area contributed by atoms with Gasteiger partial charge in [-0.1, -0.05) is 25.1 Å². The standard InChI is InChI=1S/C15H23NO2S/c1-5-16-15(4,14(17)18-6-2)11-19-13-10-8-7-9-12(13)3/h7-10,16H,5-6,11H2,1-4H3. The van der Waals surface area contributed by atoms with Gasteiger partial charge in [-0.15, -0.1) is 11.8 Å². The number of likely N-dealkylation sites (N-methyl/N-ethyl adjacent to an activating group) is 1. The monoisotopic (exact) mass is 281 g/mol. The van der Waals surface area contributed by atoms with Gasteiger partial charge >= 0.3 is 5.97 Å². The SMILES string of the molecule is CCNC(C)(CSc1ccccc1C)C(=O)OCC. The number of carbonyl (C=O) groups excluding carboxylic acids is 1. The van der Waals surface area contributed by atoms with Crippen molar-refractivity contribution in [3.8, 4) is 0 Å². The third-order valence-corrected chi connectivity index (χ3v) is 4.39. The Morgan fingerprint density at radius 3 is 2.63 bits per heavy atom. The minimum absolute atomic E-state index is 0.182. The first kappa shape index (κ1) is 16.1. The summed E-state index contributed by atoms with van der Waals surface area (Å²) in [5, 5.41) is 3.24. The number of nitrogens with one attached hydrogen (secondary N) is 1. The van der Waals surface area contributed by atoms with Crippen molar-refractivity contribution >= 4 is 17.7 Å². The van der Waals surface area contributed by atoms with Gasteiger partial charge in [0.1, 0.15) is 5.54 Å². The summed E-state index contributed by atoms with van der Waals surface area (Å²) in [5.41, 5.74) is 0.591. The van der Waals surface area contributed by atoms with Crippen LogP contribution in [0.1, 0.15) is 26.3 Å². The van der Waals surface area contributed by atoms with Gasteiger partial charge in [0.05, 0.1) is 6.61 Å². The fraction of sp³-hybridized carbons (Fsp3) is 0.533. The molecule has 0 bridgehead atoms. The smallest absolute Gasteiger partial charge is 0.326 e. The molecule has 1 atom stereocenters. The molecule has 3 nitrogen and oxygen atoms in total. The van der Waals surface area contributed by atoms with Gasteiger partial charge in [-0.05, 0) is 38.9 Å². The van der Waals surface area contributed by atoms with E-state index >= 15 is 0 Å². The molecule has 106 valence electrons. The van der Waals surface area contributed by atoms with E-state index in [4.69, 9.17) is 4.74 Å². The third-order valence-electron chi connectivity index (χ3n) is 2.90. The molecule has 1 rings (SSSR count). The lowest BCUT2D eigenvalue weighted by Gasteiger charge is -2.27. The first-order valence-electron chi connectivity index (χ1n) is 6.64. The second kappa shape index (κ2) is 7.56. The van der Waals surface area contributed by atoms with Crippen molar-refractivity contribution in [2.45, 2.75) is 38.1 Å². The van der Waals surface area contributed by atoms with E-state index in [9.17, 15) is 4.79 Å². The summed E-state index contributed by atoms with van der Waals surface area (Å²) in [6, 6.07) is 8.20. The van der Waals surface area contributed by atoms with Crippen LogP contribution in [0.25, 0.3) is 0 Å². The van der Waals surface area contributed by atoms with Gasteiger partial charge < -0.3 is 10.1 Å². The van der Waals surface area contributed by atoms with Crippen LogP contribution in [0.4, 0.5) is 0 Å². The Labute approximate surface area is 120 Å². The molecule has 0 aromatic heterocycles. The molecular weight excluding hydrogens is 258 g/mol. The van der Waals surface area contributed by atoms with Gasteiger partial charge in [-0.3, -0.25) is 4.79 Å². The number of esters is 1. The van der Waals surface area contributed by atoms with Crippen LogP contribution >= 0.6 is 11.8 Å². The van der Waals surface area contributed by atoms with E-state index in [1.165, 1.54) is 10.5 Å². The van der Waals surface area contributed by atoms with E-state index in [1.54, 1.807) is 11.8 Å². The highest BCUT2D eigenvalue weighted by Crippen LogP contribution is 2.26. The van der Waals surface area contributed by atoms with Crippen LogP contribution < -0.4 is 5.32 Å². The highest BCUT2D eigenvalue weighted by molar-refractivity contribution is 7.99. The minimum Gasteiger partial charge on any atom is -0.465 e. The molecule has 19 heavy (non-hydrogen) atoms. The van der Waals surface area contributed by atoms with Gasteiger partial charge in [0, 0.05) is 10.6 Å². The van der Waals surface area contributed by atoms with E-state index < -0.39 is 5.54 Å². The zero-order valence-electron chi connectivity index (χ0n) is 12.2. The Hall–Kier alpha value is -1.00. The van der Waals surface area contributed by atoms with Crippen LogP contribution in [-0.4, -0.2) is 30.4 Å². The molecule has 0 aliphatic heterocycles. The molecule has 4 heteroatoms. The summed E-state index contributed by atoms with van der Waals surface area (Å²) in [6.07, 6.45) is 0. The lowest BCUT2D eigenvalue weighted by molar-refractivity contribution is -0.149. The number of hydrogen-bond acceptors (Lipinski definition) is 4. The number of aryl methyl sites for hydroxylation is 1. The fourth-order valence-electron chi connectivity index (χ4n) is 1.80. The molecule has 0 aliphatic carbocycles. The Morgan fingerprint density at radius 2 is 2.05 bits per heavy atom. The number of benzene rings is 1. The van der Waals surface area contributed by atoms with Crippen LogP contribution in [0.5, 0.6) is 0 Å². The molecule has 0 saturated carbocycles. The normalized spacial score (nSPS) is 13.9. The van der Waals surface area contributed by atoms with Gasteiger partial charge in [-0.25, -0.2) is 0 Å². The lowest BCUT2D eigenvalue weighted by Crippen LogP contribution is -2.52. The van der Waals surface area contributed by atoms with Crippen LogP contribution in [0.15, 0.2) is 29.2 Å². The number of thioether (sulfide) groups is 1. The Kier molecular flexibility index (Phi) is 6.38. The second-order valence-electron chi connectivity index (χ2n) is 4.64. The highest BCUT2D eigenvalue weighted by atomic mass is 32.2. The Balaban J connectivity index is 2.74. The van der Waals surface area contributed by atoms with Crippen LogP contribution in [-0.2, 0) is 9.53 Å². The van der Waals surface area contributed by atoms with Gasteiger partial charge in [-0.2, -0.15) is 0 Å². The van der Waals surface area contributed by atoms with E-state index in [-0.39, 0.29) is 5.97 Å². The Bertz CT molecular complexity index is 422. The summed E-state index contributed by atoms with van der Waals surface area (Å²) in [6.45, 7) is 8.96. The molecular formula is C15H23NO2S. The number of rotatable bonds is 7. The zero-order chi connectivity index (χ0) is 14.3. The zero-order valence-corrected chi connectivity index (χ0v) is 13.0. The number of carbonyl (C=O) groups is 1. The van der Waals surface area contributed by atoms with Crippen LogP contribution in [0.2, 0.25) is 0 Å². The lowest BCUT2D eigenvalue weighted by atomic mass is 10.1. The molecule has 0 amide bonds. The molecule has 0 fully saturated rings. The molecule has 0 heterocycles. The summed E-state index contributed by atoms with van der Waals surface area (Å²) in [4.78, 5) is 13.3. The minimum atomic E-state index is -0.641. The maximum atomic E-state index is 12.1. The molecule has 1 unspecified atom stereocenters. The van der Waals surface area contributed by atoms with Crippen molar-refractivity contribution in [1.82, 2.24) is 5.32 Å². The van der Waals surface area contributed by atoms with Crippen molar-refractivity contribution in [3.63, 3.8) is 0 Å². The molecule has 0 saturated heterocycles. The maximum absolute atomic E-state index is 12.1. The van der Waals surface area contributed by atoms with E-state index in [2.05, 4.69) is 24.4 Å². The molecule has 0 radical (unpaired) electrons.